The first-order chi connectivity index (χ1) is 18.2. The van der Waals surface area contributed by atoms with Crippen molar-refractivity contribution in [2.24, 2.45) is 0 Å². The lowest BCUT2D eigenvalue weighted by molar-refractivity contribution is 0.0491. The maximum atomic E-state index is 14.6. The molecule has 2 aromatic heterocycles. The summed E-state index contributed by atoms with van der Waals surface area (Å²) in [7, 11) is 0. The molecular formula is C27H27FN6O4. The Labute approximate surface area is 218 Å². The lowest BCUT2D eigenvalue weighted by atomic mass is 10.00. The molecule has 5 rings (SSSR count). The number of ether oxygens (including phenoxy) is 2. The first kappa shape index (κ1) is 25.0. The summed E-state index contributed by atoms with van der Waals surface area (Å²) >= 11 is 0. The lowest BCUT2D eigenvalue weighted by Crippen LogP contribution is -2.36. The number of fused-ring (bicyclic) bond motifs is 1. The minimum absolute atomic E-state index is 0.00719. The molecule has 2 aromatic carbocycles. The zero-order valence-corrected chi connectivity index (χ0v) is 21.1. The van der Waals surface area contributed by atoms with Crippen LogP contribution in [0, 0.1) is 5.82 Å². The smallest absolute Gasteiger partial charge is 0.408 e. The second-order valence-corrected chi connectivity index (χ2v) is 9.64. The molecule has 1 aliphatic heterocycles. The fourth-order valence-electron chi connectivity index (χ4n) is 3.91. The zero-order chi connectivity index (χ0) is 26.7. The van der Waals surface area contributed by atoms with Crippen molar-refractivity contribution in [1.29, 1.82) is 0 Å². The highest BCUT2D eigenvalue weighted by atomic mass is 19.1. The van der Waals surface area contributed by atoms with E-state index in [0.717, 1.165) is 17.3 Å². The number of halogens is 1. The van der Waals surface area contributed by atoms with Gasteiger partial charge >= 0.3 is 6.09 Å². The van der Waals surface area contributed by atoms with Crippen molar-refractivity contribution in [2.45, 2.75) is 38.8 Å². The summed E-state index contributed by atoms with van der Waals surface area (Å²) in [6, 6.07) is 12.3. The van der Waals surface area contributed by atoms with Gasteiger partial charge in [-0.2, -0.15) is 4.98 Å². The molecule has 0 spiro atoms. The number of oxazole rings is 1. The molecule has 0 saturated carbocycles. The monoisotopic (exact) mass is 518 g/mol. The van der Waals surface area contributed by atoms with E-state index in [9.17, 15) is 9.18 Å². The van der Waals surface area contributed by atoms with Gasteiger partial charge in [0, 0.05) is 28.9 Å². The number of carbonyl (C=O) groups excluding carboxylic acids is 1. The quantitative estimate of drug-likeness (QED) is 0.277. The van der Waals surface area contributed by atoms with Gasteiger partial charge in [0.1, 0.15) is 17.6 Å². The average Bonchev–Trinajstić information content (AvgIpc) is 3.41. The fraction of sp³-hybridized carbons (Fsp3) is 0.259. The molecule has 1 atom stereocenters. The van der Waals surface area contributed by atoms with Crippen molar-refractivity contribution < 1.29 is 23.1 Å². The third-order valence-electron chi connectivity index (χ3n) is 5.57. The summed E-state index contributed by atoms with van der Waals surface area (Å²) in [5, 5.41) is 8.96. The van der Waals surface area contributed by atoms with Crippen molar-refractivity contribution in [3.8, 4) is 17.2 Å². The molecule has 1 unspecified atom stereocenters. The van der Waals surface area contributed by atoms with Crippen molar-refractivity contribution in [1.82, 2.24) is 20.3 Å². The molecule has 1 amide bonds. The molecule has 3 N–H and O–H groups in total. The number of benzene rings is 2. The van der Waals surface area contributed by atoms with E-state index < -0.39 is 17.5 Å². The molecule has 11 heteroatoms. The lowest BCUT2D eigenvalue weighted by Gasteiger charge is -2.28. The van der Waals surface area contributed by atoms with Crippen molar-refractivity contribution in [3.05, 3.63) is 72.5 Å². The first-order valence-electron chi connectivity index (χ1n) is 12.1. The molecule has 0 saturated heterocycles. The third kappa shape index (κ3) is 6.00. The Kier molecular flexibility index (Phi) is 6.82. The highest BCUT2D eigenvalue weighted by Gasteiger charge is 2.26. The second-order valence-electron chi connectivity index (χ2n) is 9.64. The van der Waals surface area contributed by atoms with E-state index in [2.05, 4.69) is 30.9 Å². The molecule has 0 bridgehead atoms. The van der Waals surface area contributed by atoms with E-state index in [1.807, 2.05) is 24.3 Å². The number of aromatic nitrogens is 3. The number of hydrogen-bond acceptors (Lipinski definition) is 9. The summed E-state index contributed by atoms with van der Waals surface area (Å²) < 4.78 is 31.1. The average molecular weight is 519 g/mol. The normalized spacial score (nSPS) is 14.7. The van der Waals surface area contributed by atoms with E-state index >= 15 is 0 Å². The van der Waals surface area contributed by atoms with Crippen molar-refractivity contribution in [3.63, 3.8) is 0 Å². The SMILES string of the molecule is CC(C)(C)OC(=O)NC1CCOc2ccc(Nc3nc(Nc4ccc(-c5ncco5)cc4)ncc3F)cc21. The van der Waals surface area contributed by atoms with Crippen LogP contribution in [-0.2, 0) is 4.74 Å². The van der Waals surface area contributed by atoms with Crippen LogP contribution in [0.1, 0.15) is 38.8 Å². The maximum Gasteiger partial charge on any atom is 0.408 e. The van der Waals surface area contributed by atoms with Gasteiger partial charge in [-0.05, 0) is 63.2 Å². The number of hydrogen-bond donors (Lipinski definition) is 3. The van der Waals surface area contributed by atoms with Crippen LogP contribution in [0.5, 0.6) is 5.75 Å². The standard InChI is InChI=1S/C27H27FN6O4/c1-27(2,3)38-26(35)33-21-10-12-36-22-9-8-18(14-19(21)22)31-23-20(28)15-30-25(34-23)32-17-6-4-16(5-7-17)24-29-11-13-37-24/h4-9,11,13-15,21H,10,12H2,1-3H3,(H,33,35)(H2,30,31,32,34). The van der Waals surface area contributed by atoms with Gasteiger partial charge in [0.05, 0.1) is 25.0 Å². The Morgan fingerprint density at radius 1 is 1.08 bits per heavy atom. The summed E-state index contributed by atoms with van der Waals surface area (Å²) in [5.41, 5.74) is 2.24. The van der Waals surface area contributed by atoms with E-state index in [4.69, 9.17) is 13.9 Å². The highest BCUT2D eigenvalue weighted by Crippen LogP contribution is 2.35. The Bertz CT molecular complexity index is 1420. The number of rotatable bonds is 6. The van der Waals surface area contributed by atoms with E-state index in [0.29, 0.717) is 36.0 Å². The van der Waals surface area contributed by atoms with E-state index in [-0.39, 0.29) is 17.8 Å². The van der Waals surface area contributed by atoms with Crippen LogP contribution < -0.4 is 20.7 Å². The maximum absolute atomic E-state index is 14.6. The van der Waals surface area contributed by atoms with Gasteiger partial charge in [-0.15, -0.1) is 0 Å². The summed E-state index contributed by atoms with van der Waals surface area (Å²) in [6.45, 7) is 5.87. The predicted octanol–water partition coefficient (Wildman–Crippen LogP) is 6.11. The Morgan fingerprint density at radius 2 is 1.87 bits per heavy atom. The van der Waals surface area contributed by atoms with Gasteiger partial charge in [-0.1, -0.05) is 0 Å². The van der Waals surface area contributed by atoms with Gasteiger partial charge in [-0.25, -0.2) is 19.2 Å². The van der Waals surface area contributed by atoms with Crippen LogP contribution >= 0.6 is 0 Å². The molecule has 38 heavy (non-hydrogen) atoms. The molecule has 10 nitrogen and oxygen atoms in total. The molecular weight excluding hydrogens is 491 g/mol. The van der Waals surface area contributed by atoms with E-state index in [1.165, 1.54) is 6.26 Å². The van der Waals surface area contributed by atoms with Crippen LogP contribution in [0.2, 0.25) is 0 Å². The predicted molar refractivity (Wildman–Crippen MR) is 139 cm³/mol. The molecule has 196 valence electrons. The highest BCUT2D eigenvalue weighted by molar-refractivity contribution is 5.69. The summed E-state index contributed by atoms with van der Waals surface area (Å²) in [6.07, 6.45) is 4.23. The molecule has 0 fully saturated rings. The molecule has 4 aromatic rings. The van der Waals surface area contributed by atoms with Crippen LogP contribution in [-0.4, -0.2) is 33.3 Å². The van der Waals surface area contributed by atoms with Crippen LogP contribution in [0.3, 0.4) is 0 Å². The second kappa shape index (κ2) is 10.4. The largest absolute Gasteiger partial charge is 0.493 e. The summed E-state index contributed by atoms with van der Waals surface area (Å²) in [4.78, 5) is 24.8. The first-order valence-corrected chi connectivity index (χ1v) is 12.1. The summed E-state index contributed by atoms with van der Waals surface area (Å²) in [5.74, 6) is 0.740. The van der Waals surface area contributed by atoms with Gasteiger partial charge in [-0.3, -0.25) is 0 Å². The molecule has 0 radical (unpaired) electrons. The van der Waals surface area contributed by atoms with Crippen molar-refractivity contribution in [2.75, 3.05) is 17.2 Å². The Hall–Kier alpha value is -4.67. The van der Waals surface area contributed by atoms with Gasteiger partial charge < -0.3 is 29.8 Å². The van der Waals surface area contributed by atoms with Crippen LogP contribution in [0.25, 0.3) is 11.5 Å². The van der Waals surface area contributed by atoms with Gasteiger partial charge in [0.15, 0.2) is 11.6 Å². The minimum Gasteiger partial charge on any atom is -0.493 e. The topological polar surface area (TPSA) is 123 Å². The number of anilines is 4. The van der Waals surface area contributed by atoms with Gasteiger partial charge in [0.25, 0.3) is 0 Å². The number of nitrogens with one attached hydrogen (secondary N) is 3. The third-order valence-corrected chi connectivity index (χ3v) is 5.57. The van der Waals surface area contributed by atoms with Crippen LogP contribution in [0.15, 0.2) is 65.5 Å². The van der Waals surface area contributed by atoms with Gasteiger partial charge in [0.2, 0.25) is 11.8 Å². The Balaban J connectivity index is 1.31. The number of carbonyl (C=O) groups is 1. The molecule has 0 aliphatic carbocycles. The zero-order valence-electron chi connectivity index (χ0n) is 21.1. The van der Waals surface area contributed by atoms with E-state index in [1.54, 1.807) is 45.2 Å². The minimum atomic E-state index is -0.618. The van der Waals surface area contributed by atoms with Crippen LogP contribution in [0.4, 0.5) is 32.3 Å². The molecule has 3 heterocycles. The molecule has 1 aliphatic rings. The number of nitrogens with zero attached hydrogens (tertiary/aromatic N) is 3. The Morgan fingerprint density at radius 3 is 2.61 bits per heavy atom. The number of alkyl carbamates (subject to hydrolysis) is 1. The fourth-order valence-corrected chi connectivity index (χ4v) is 3.91. The number of amides is 1. The van der Waals surface area contributed by atoms with Crippen molar-refractivity contribution >= 4 is 29.2 Å².